The Labute approximate surface area is 142 Å². The molecule has 0 heterocycles. The summed E-state index contributed by atoms with van der Waals surface area (Å²) >= 11 is 0. The molecule has 0 aromatic heterocycles. The third-order valence-electron chi connectivity index (χ3n) is 4.31. The van der Waals surface area contributed by atoms with E-state index < -0.39 is 5.60 Å². The minimum atomic E-state index is -1.17. The number of rotatable bonds is 6. The first kappa shape index (κ1) is 16.2. The van der Waals surface area contributed by atoms with E-state index >= 15 is 0 Å². The van der Waals surface area contributed by atoms with Crippen LogP contribution in [-0.4, -0.2) is 10.9 Å². The normalized spacial score (nSPS) is 11.2. The Balaban J connectivity index is 1.88. The van der Waals surface area contributed by atoms with Crippen LogP contribution >= 0.6 is 0 Å². The van der Waals surface area contributed by atoms with Gasteiger partial charge in [-0.2, -0.15) is 0 Å². The number of Topliss-reactive ketones (excluding diaryl/α,β-unsaturated/α-hetero) is 1. The SMILES string of the molecule is O=C(CCC(O)(c1ccccc1)c1ccccc1)c1ccccc1. The van der Waals surface area contributed by atoms with Gasteiger partial charge < -0.3 is 5.11 Å². The zero-order valence-corrected chi connectivity index (χ0v) is 13.4. The molecule has 24 heavy (non-hydrogen) atoms. The van der Waals surface area contributed by atoms with Crippen molar-refractivity contribution in [2.45, 2.75) is 18.4 Å². The van der Waals surface area contributed by atoms with Gasteiger partial charge in [-0.1, -0.05) is 91.0 Å². The molecular weight excluding hydrogens is 296 g/mol. The van der Waals surface area contributed by atoms with Crippen LogP contribution in [-0.2, 0) is 5.60 Å². The van der Waals surface area contributed by atoms with Gasteiger partial charge in [-0.25, -0.2) is 0 Å². The van der Waals surface area contributed by atoms with Crippen molar-refractivity contribution in [3.05, 3.63) is 108 Å². The highest BCUT2D eigenvalue weighted by atomic mass is 16.3. The second kappa shape index (κ2) is 7.24. The lowest BCUT2D eigenvalue weighted by atomic mass is 9.82. The molecule has 3 aromatic carbocycles. The quantitative estimate of drug-likeness (QED) is 0.676. The van der Waals surface area contributed by atoms with Gasteiger partial charge in [0.25, 0.3) is 0 Å². The summed E-state index contributed by atoms with van der Waals surface area (Å²) in [5.41, 5.74) is 1.11. The number of aliphatic hydroxyl groups is 1. The van der Waals surface area contributed by atoms with Gasteiger partial charge in [0, 0.05) is 12.0 Å². The van der Waals surface area contributed by atoms with Crippen molar-refractivity contribution in [3.8, 4) is 0 Å². The van der Waals surface area contributed by atoms with E-state index in [1.807, 2.05) is 91.0 Å². The number of hydrogen-bond acceptors (Lipinski definition) is 2. The van der Waals surface area contributed by atoms with E-state index in [1.54, 1.807) is 0 Å². The molecule has 2 heteroatoms. The van der Waals surface area contributed by atoms with E-state index in [2.05, 4.69) is 0 Å². The van der Waals surface area contributed by atoms with Crippen LogP contribution in [0.4, 0.5) is 0 Å². The van der Waals surface area contributed by atoms with Crippen molar-refractivity contribution in [2.75, 3.05) is 0 Å². The average molecular weight is 316 g/mol. The molecule has 0 bridgehead atoms. The summed E-state index contributed by atoms with van der Waals surface area (Å²) < 4.78 is 0. The number of carbonyl (C=O) groups is 1. The molecule has 0 atom stereocenters. The molecule has 3 aromatic rings. The van der Waals surface area contributed by atoms with Gasteiger partial charge in [0.1, 0.15) is 5.60 Å². The van der Waals surface area contributed by atoms with Gasteiger partial charge in [0.2, 0.25) is 0 Å². The van der Waals surface area contributed by atoms with Crippen LogP contribution in [0.5, 0.6) is 0 Å². The molecule has 0 radical (unpaired) electrons. The summed E-state index contributed by atoms with van der Waals surface area (Å²) in [7, 11) is 0. The van der Waals surface area contributed by atoms with Crippen molar-refractivity contribution in [2.24, 2.45) is 0 Å². The molecule has 0 saturated carbocycles. The summed E-state index contributed by atoms with van der Waals surface area (Å²) in [5, 5.41) is 11.4. The number of benzene rings is 3. The second-order valence-electron chi connectivity index (χ2n) is 5.88. The highest BCUT2D eigenvalue weighted by Gasteiger charge is 2.31. The first-order chi connectivity index (χ1) is 11.7. The zero-order valence-electron chi connectivity index (χ0n) is 13.4. The fourth-order valence-corrected chi connectivity index (χ4v) is 2.95. The smallest absolute Gasteiger partial charge is 0.163 e. The Morgan fingerprint density at radius 1 is 0.708 bits per heavy atom. The van der Waals surface area contributed by atoms with E-state index in [4.69, 9.17) is 0 Å². The first-order valence-corrected chi connectivity index (χ1v) is 8.12. The minimum absolute atomic E-state index is 0.0425. The number of ketones is 1. The molecule has 0 aliphatic rings. The van der Waals surface area contributed by atoms with Gasteiger partial charge in [-0.3, -0.25) is 4.79 Å². The standard InChI is InChI=1S/C22H20O2/c23-21(18-10-4-1-5-11-18)16-17-22(24,19-12-6-2-7-13-19)20-14-8-3-9-15-20/h1-15,24H,16-17H2. The fraction of sp³-hybridized carbons (Fsp3) is 0.136. The fourth-order valence-electron chi connectivity index (χ4n) is 2.95. The van der Waals surface area contributed by atoms with Crippen LogP contribution in [0, 0.1) is 0 Å². The molecule has 2 nitrogen and oxygen atoms in total. The van der Waals surface area contributed by atoms with Crippen molar-refractivity contribution in [1.29, 1.82) is 0 Å². The van der Waals surface area contributed by atoms with E-state index in [-0.39, 0.29) is 12.2 Å². The van der Waals surface area contributed by atoms with E-state index in [0.717, 1.165) is 11.1 Å². The van der Waals surface area contributed by atoms with Crippen LogP contribution in [0.2, 0.25) is 0 Å². The Morgan fingerprint density at radius 3 is 1.58 bits per heavy atom. The maximum absolute atomic E-state index is 12.4. The van der Waals surface area contributed by atoms with Crippen LogP contribution in [0.15, 0.2) is 91.0 Å². The molecular formula is C22H20O2. The molecule has 0 aliphatic carbocycles. The topological polar surface area (TPSA) is 37.3 Å². The predicted octanol–water partition coefficient (Wildman–Crippen LogP) is 4.59. The van der Waals surface area contributed by atoms with Crippen LogP contribution in [0.3, 0.4) is 0 Å². The minimum Gasteiger partial charge on any atom is -0.380 e. The largest absolute Gasteiger partial charge is 0.380 e. The van der Waals surface area contributed by atoms with Crippen LogP contribution < -0.4 is 0 Å². The van der Waals surface area contributed by atoms with Gasteiger partial charge in [-0.15, -0.1) is 0 Å². The maximum atomic E-state index is 12.4. The van der Waals surface area contributed by atoms with E-state index in [0.29, 0.717) is 12.0 Å². The summed E-state index contributed by atoms with van der Waals surface area (Å²) in [6.45, 7) is 0. The Hall–Kier alpha value is -2.71. The lowest BCUT2D eigenvalue weighted by Crippen LogP contribution is -2.28. The van der Waals surface area contributed by atoms with Gasteiger partial charge in [0.05, 0.1) is 0 Å². The van der Waals surface area contributed by atoms with E-state index in [9.17, 15) is 9.90 Å². The number of carbonyl (C=O) groups excluding carboxylic acids is 1. The summed E-state index contributed by atoms with van der Waals surface area (Å²) in [6, 6.07) is 28.3. The molecule has 0 unspecified atom stereocenters. The molecule has 0 amide bonds. The van der Waals surface area contributed by atoms with E-state index in [1.165, 1.54) is 0 Å². The van der Waals surface area contributed by atoms with Crippen molar-refractivity contribution in [1.82, 2.24) is 0 Å². The second-order valence-corrected chi connectivity index (χ2v) is 5.88. The third kappa shape index (κ3) is 3.44. The average Bonchev–Trinajstić information content (AvgIpc) is 2.68. The lowest BCUT2D eigenvalue weighted by molar-refractivity contribution is 0.0633. The molecule has 1 N–H and O–H groups in total. The zero-order chi connectivity index (χ0) is 16.8. The Morgan fingerprint density at radius 2 is 1.12 bits per heavy atom. The summed E-state index contributed by atoms with van der Waals surface area (Å²) in [4.78, 5) is 12.4. The number of hydrogen-bond donors (Lipinski definition) is 1. The van der Waals surface area contributed by atoms with Crippen molar-refractivity contribution >= 4 is 5.78 Å². The van der Waals surface area contributed by atoms with Gasteiger partial charge >= 0.3 is 0 Å². The van der Waals surface area contributed by atoms with Crippen molar-refractivity contribution < 1.29 is 9.90 Å². The van der Waals surface area contributed by atoms with Gasteiger partial charge in [-0.05, 0) is 17.5 Å². The summed E-state index contributed by atoms with van der Waals surface area (Å²) in [6.07, 6.45) is 0.624. The lowest BCUT2D eigenvalue weighted by Gasteiger charge is -2.29. The molecule has 0 spiro atoms. The maximum Gasteiger partial charge on any atom is 0.163 e. The van der Waals surface area contributed by atoms with Crippen molar-refractivity contribution in [3.63, 3.8) is 0 Å². The summed E-state index contributed by atoms with van der Waals surface area (Å²) in [5.74, 6) is 0.0425. The third-order valence-corrected chi connectivity index (χ3v) is 4.31. The predicted molar refractivity (Wildman–Crippen MR) is 95.9 cm³/mol. The monoisotopic (exact) mass is 316 g/mol. The van der Waals surface area contributed by atoms with Crippen LogP contribution in [0.1, 0.15) is 34.3 Å². The first-order valence-electron chi connectivity index (χ1n) is 8.12. The highest BCUT2D eigenvalue weighted by Crippen LogP contribution is 2.34. The van der Waals surface area contributed by atoms with Crippen LogP contribution in [0.25, 0.3) is 0 Å². The molecule has 120 valence electrons. The highest BCUT2D eigenvalue weighted by molar-refractivity contribution is 5.96. The van der Waals surface area contributed by atoms with Gasteiger partial charge in [0.15, 0.2) is 5.78 Å². The molecule has 0 fully saturated rings. The molecule has 0 aliphatic heterocycles. The molecule has 0 saturated heterocycles. The Kier molecular flexibility index (Phi) is 4.88. The Bertz CT molecular complexity index is 740. The molecule has 3 rings (SSSR count).